The van der Waals surface area contributed by atoms with Crippen LogP contribution in [0.1, 0.15) is 21.5 Å². The molecule has 0 spiro atoms. The molecule has 4 aromatic rings. The molecule has 8 heteroatoms. The molecule has 1 N–H and O–H groups in total. The number of nitrogens with zero attached hydrogens (tertiary/aromatic N) is 2. The van der Waals surface area contributed by atoms with Crippen LogP contribution >= 0.6 is 27.5 Å². The molecule has 1 heterocycles. The van der Waals surface area contributed by atoms with Gasteiger partial charge in [0.05, 0.1) is 11.0 Å². The van der Waals surface area contributed by atoms with Crippen molar-refractivity contribution in [2.45, 2.75) is 13.2 Å². The maximum atomic E-state index is 13.9. The van der Waals surface area contributed by atoms with Crippen molar-refractivity contribution < 1.29 is 13.9 Å². The van der Waals surface area contributed by atoms with Crippen LogP contribution in [0.3, 0.4) is 0 Å². The number of amides is 1. The SMILES string of the molecule is O=C(Nc1nn(Cc2ccccc2F)cc1Br)c1ccc(COc2cccc(Cl)c2)cc1. The zero-order valence-electron chi connectivity index (χ0n) is 16.8. The number of anilines is 1. The Bertz CT molecular complexity index is 1240. The summed E-state index contributed by atoms with van der Waals surface area (Å²) in [4.78, 5) is 12.6. The molecule has 0 fully saturated rings. The van der Waals surface area contributed by atoms with Gasteiger partial charge in [0.1, 0.15) is 18.2 Å². The minimum absolute atomic E-state index is 0.252. The molecule has 0 aliphatic rings. The summed E-state index contributed by atoms with van der Waals surface area (Å²) in [6.45, 7) is 0.608. The van der Waals surface area contributed by atoms with Crippen LogP contribution < -0.4 is 10.1 Å². The largest absolute Gasteiger partial charge is 0.489 e. The number of hydrogen-bond acceptors (Lipinski definition) is 3. The third-order valence-corrected chi connectivity index (χ3v) is 5.47. The van der Waals surface area contributed by atoms with E-state index in [2.05, 4.69) is 26.3 Å². The smallest absolute Gasteiger partial charge is 0.256 e. The van der Waals surface area contributed by atoms with E-state index in [9.17, 15) is 9.18 Å². The molecule has 0 aliphatic heterocycles. The summed E-state index contributed by atoms with van der Waals surface area (Å²) in [5.74, 6) is 0.433. The van der Waals surface area contributed by atoms with E-state index in [0.29, 0.717) is 38.8 Å². The zero-order valence-corrected chi connectivity index (χ0v) is 19.1. The Morgan fingerprint density at radius 3 is 2.62 bits per heavy atom. The molecular formula is C24H18BrClFN3O2. The fraction of sp³-hybridized carbons (Fsp3) is 0.0833. The van der Waals surface area contributed by atoms with Crippen molar-refractivity contribution in [2.24, 2.45) is 0 Å². The lowest BCUT2D eigenvalue weighted by atomic mass is 10.1. The molecule has 0 saturated heterocycles. The van der Waals surface area contributed by atoms with E-state index in [1.807, 2.05) is 24.3 Å². The van der Waals surface area contributed by atoms with Gasteiger partial charge in [-0.2, -0.15) is 5.10 Å². The maximum Gasteiger partial charge on any atom is 0.256 e. The van der Waals surface area contributed by atoms with Crippen LogP contribution in [0.5, 0.6) is 5.75 Å². The van der Waals surface area contributed by atoms with Crippen molar-refractivity contribution >= 4 is 39.3 Å². The Morgan fingerprint density at radius 2 is 1.88 bits per heavy atom. The highest BCUT2D eigenvalue weighted by Crippen LogP contribution is 2.22. The monoisotopic (exact) mass is 513 g/mol. The topological polar surface area (TPSA) is 56.2 Å². The summed E-state index contributed by atoms with van der Waals surface area (Å²) in [7, 11) is 0. The highest BCUT2D eigenvalue weighted by Gasteiger charge is 2.13. The van der Waals surface area contributed by atoms with E-state index >= 15 is 0 Å². The van der Waals surface area contributed by atoms with Crippen LogP contribution in [0.2, 0.25) is 5.02 Å². The summed E-state index contributed by atoms with van der Waals surface area (Å²) >= 11 is 9.35. The molecule has 0 aliphatic carbocycles. The first kappa shape index (κ1) is 22.0. The molecule has 0 atom stereocenters. The van der Waals surface area contributed by atoms with Gasteiger partial charge in [-0.3, -0.25) is 9.48 Å². The average Bonchev–Trinajstić information content (AvgIpc) is 3.13. The fourth-order valence-electron chi connectivity index (χ4n) is 3.02. The maximum absolute atomic E-state index is 13.9. The van der Waals surface area contributed by atoms with Crippen molar-refractivity contribution in [1.29, 1.82) is 0 Å². The van der Waals surface area contributed by atoms with Crippen LogP contribution in [0.25, 0.3) is 0 Å². The summed E-state index contributed by atoms with van der Waals surface area (Å²) in [6.07, 6.45) is 1.69. The van der Waals surface area contributed by atoms with Gasteiger partial charge >= 0.3 is 0 Å². The Kier molecular flexibility index (Phi) is 6.87. The van der Waals surface area contributed by atoms with Crippen LogP contribution in [0, 0.1) is 5.82 Å². The van der Waals surface area contributed by atoms with E-state index in [1.54, 1.807) is 53.3 Å². The van der Waals surface area contributed by atoms with E-state index in [4.69, 9.17) is 16.3 Å². The molecule has 32 heavy (non-hydrogen) atoms. The lowest BCUT2D eigenvalue weighted by Crippen LogP contribution is -2.13. The van der Waals surface area contributed by atoms with E-state index < -0.39 is 0 Å². The minimum Gasteiger partial charge on any atom is -0.489 e. The van der Waals surface area contributed by atoms with Gasteiger partial charge in [0.15, 0.2) is 5.82 Å². The van der Waals surface area contributed by atoms with Gasteiger partial charge in [0.2, 0.25) is 0 Å². The minimum atomic E-state index is -0.302. The average molecular weight is 515 g/mol. The number of nitrogens with one attached hydrogen (secondary N) is 1. The first-order valence-corrected chi connectivity index (χ1v) is 10.9. The summed E-state index contributed by atoms with van der Waals surface area (Å²) in [5.41, 5.74) is 1.90. The molecule has 3 aromatic carbocycles. The molecule has 5 nitrogen and oxygen atoms in total. The number of aromatic nitrogens is 2. The Morgan fingerprint density at radius 1 is 1.09 bits per heavy atom. The molecule has 162 valence electrons. The second-order valence-electron chi connectivity index (χ2n) is 7.01. The lowest BCUT2D eigenvalue weighted by molar-refractivity contribution is 0.102. The highest BCUT2D eigenvalue weighted by molar-refractivity contribution is 9.10. The summed E-state index contributed by atoms with van der Waals surface area (Å²) in [6, 6.07) is 20.8. The Balaban J connectivity index is 1.37. The second kappa shape index (κ2) is 9.97. The molecular weight excluding hydrogens is 497 g/mol. The molecule has 1 aromatic heterocycles. The van der Waals surface area contributed by atoms with Crippen molar-refractivity contribution in [3.63, 3.8) is 0 Å². The van der Waals surface area contributed by atoms with Crippen molar-refractivity contribution in [3.05, 3.63) is 111 Å². The number of carbonyl (C=O) groups is 1. The fourth-order valence-corrected chi connectivity index (χ4v) is 3.61. The number of carbonyl (C=O) groups excluding carboxylic acids is 1. The van der Waals surface area contributed by atoms with Gasteiger partial charge in [-0.25, -0.2) is 4.39 Å². The second-order valence-corrected chi connectivity index (χ2v) is 8.30. The van der Waals surface area contributed by atoms with Gasteiger partial charge in [-0.05, 0) is 57.9 Å². The van der Waals surface area contributed by atoms with E-state index in [1.165, 1.54) is 6.07 Å². The molecule has 1 amide bonds. The Hall–Kier alpha value is -3.16. The van der Waals surface area contributed by atoms with Crippen molar-refractivity contribution in [3.8, 4) is 5.75 Å². The molecule has 0 bridgehead atoms. The van der Waals surface area contributed by atoms with Crippen molar-refractivity contribution in [1.82, 2.24) is 9.78 Å². The number of ether oxygens (including phenoxy) is 1. The third-order valence-electron chi connectivity index (χ3n) is 4.66. The van der Waals surface area contributed by atoms with E-state index in [0.717, 1.165) is 5.56 Å². The zero-order chi connectivity index (χ0) is 22.5. The van der Waals surface area contributed by atoms with Gasteiger partial charge < -0.3 is 10.1 Å². The predicted molar refractivity (Wildman–Crippen MR) is 126 cm³/mol. The molecule has 0 unspecified atom stereocenters. The predicted octanol–water partition coefficient (Wildman–Crippen LogP) is 6.32. The molecule has 0 radical (unpaired) electrons. The van der Waals surface area contributed by atoms with Crippen LogP contribution in [0.15, 0.2) is 83.5 Å². The van der Waals surface area contributed by atoms with Crippen molar-refractivity contribution in [2.75, 3.05) is 5.32 Å². The summed E-state index contributed by atoms with van der Waals surface area (Å²) in [5, 5.41) is 7.72. The van der Waals surface area contributed by atoms with Gasteiger partial charge in [-0.15, -0.1) is 0 Å². The van der Waals surface area contributed by atoms with E-state index in [-0.39, 0.29) is 18.3 Å². The first-order chi connectivity index (χ1) is 15.5. The quantitative estimate of drug-likeness (QED) is 0.314. The van der Waals surface area contributed by atoms with Gasteiger partial charge in [0.25, 0.3) is 5.91 Å². The van der Waals surface area contributed by atoms with Crippen LogP contribution in [-0.2, 0) is 13.2 Å². The number of halogens is 3. The van der Waals surface area contributed by atoms with Gasteiger partial charge in [0, 0.05) is 22.3 Å². The third kappa shape index (κ3) is 5.55. The van der Waals surface area contributed by atoms with Crippen LogP contribution in [0.4, 0.5) is 10.2 Å². The number of benzene rings is 3. The first-order valence-electron chi connectivity index (χ1n) is 9.73. The van der Waals surface area contributed by atoms with Crippen LogP contribution in [-0.4, -0.2) is 15.7 Å². The number of rotatable bonds is 7. The highest BCUT2D eigenvalue weighted by atomic mass is 79.9. The molecule has 4 rings (SSSR count). The summed E-state index contributed by atoms with van der Waals surface area (Å²) < 4.78 is 21.8. The lowest BCUT2D eigenvalue weighted by Gasteiger charge is -2.08. The van der Waals surface area contributed by atoms with Gasteiger partial charge in [-0.1, -0.05) is 48.0 Å². The molecule has 0 saturated carbocycles. The Labute approximate surface area is 197 Å². The number of hydrogen-bond donors (Lipinski definition) is 1. The normalized spacial score (nSPS) is 10.7. The standard InChI is InChI=1S/C24H18BrClFN3O2/c25-21-14-30(13-18-4-1-2-7-22(18)27)29-23(21)28-24(31)17-10-8-16(9-11-17)15-32-20-6-3-5-19(26)12-20/h1-12,14H,13,15H2,(H,28,29,31).